The molecular formula is C15H12ClF3. The molecule has 1 atom stereocenters. The molecule has 0 aromatic heterocycles. The third kappa shape index (κ3) is 2.61. The van der Waals surface area contributed by atoms with Gasteiger partial charge in [-0.3, -0.25) is 0 Å². The summed E-state index contributed by atoms with van der Waals surface area (Å²) in [6, 6.07) is 6.77. The highest BCUT2D eigenvalue weighted by atomic mass is 35.5. The van der Waals surface area contributed by atoms with Gasteiger partial charge in [-0.15, -0.1) is 11.6 Å². The van der Waals surface area contributed by atoms with Gasteiger partial charge in [0.05, 0.1) is 5.38 Å². The second-order valence-corrected chi connectivity index (χ2v) is 4.90. The van der Waals surface area contributed by atoms with Crippen molar-refractivity contribution in [1.29, 1.82) is 0 Å². The Bertz CT molecular complexity index is 623. The Morgan fingerprint density at radius 3 is 2.26 bits per heavy atom. The van der Waals surface area contributed by atoms with Gasteiger partial charge < -0.3 is 0 Å². The van der Waals surface area contributed by atoms with E-state index in [1.54, 1.807) is 19.1 Å². The zero-order valence-corrected chi connectivity index (χ0v) is 11.2. The summed E-state index contributed by atoms with van der Waals surface area (Å²) in [7, 11) is 0. The number of benzene rings is 2. The van der Waals surface area contributed by atoms with Gasteiger partial charge in [0.1, 0.15) is 17.5 Å². The van der Waals surface area contributed by atoms with E-state index >= 15 is 0 Å². The van der Waals surface area contributed by atoms with Gasteiger partial charge in [0, 0.05) is 11.1 Å². The molecule has 1 unspecified atom stereocenters. The molecule has 0 N–H and O–H groups in total. The van der Waals surface area contributed by atoms with Gasteiger partial charge in [-0.2, -0.15) is 0 Å². The lowest BCUT2D eigenvalue weighted by atomic mass is 10.00. The molecule has 0 aliphatic heterocycles. The fraction of sp³-hybridized carbons (Fsp3) is 0.200. The molecule has 0 saturated carbocycles. The van der Waals surface area contributed by atoms with Gasteiger partial charge in [-0.1, -0.05) is 18.2 Å². The summed E-state index contributed by atoms with van der Waals surface area (Å²) in [4.78, 5) is 0. The Morgan fingerprint density at radius 2 is 1.58 bits per heavy atom. The molecule has 0 amide bonds. The lowest BCUT2D eigenvalue weighted by molar-refractivity contribution is 0.573. The fourth-order valence-electron chi connectivity index (χ4n) is 1.89. The van der Waals surface area contributed by atoms with Gasteiger partial charge in [0.2, 0.25) is 0 Å². The number of halogens is 4. The molecule has 0 aliphatic carbocycles. The van der Waals surface area contributed by atoms with Crippen molar-refractivity contribution in [3.05, 3.63) is 70.0 Å². The fourth-order valence-corrected chi connectivity index (χ4v) is 2.23. The minimum absolute atomic E-state index is 0.0609. The average molecular weight is 285 g/mol. The molecule has 100 valence electrons. The van der Waals surface area contributed by atoms with E-state index in [9.17, 15) is 13.2 Å². The minimum atomic E-state index is -1.06. The van der Waals surface area contributed by atoms with Gasteiger partial charge in [0.15, 0.2) is 0 Å². The van der Waals surface area contributed by atoms with E-state index in [1.807, 2.05) is 0 Å². The predicted octanol–water partition coefficient (Wildman–Crippen LogP) is 5.05. The number of aryl methyl sites for hydroxylation is 2. The van der Waals surface area contributed by atoms with Crippen molar-refractivity contribution in [2.45, 2.75) is 19.2 Å². The average Bonchev–Trinajstić information content (AvgIpc) is 2.36. The first kappa shape index (κ1) is 13.9. The second kappa shape index (κ2) is 5.25. The normalized spacial score (nSPS) is 12.5. The molecule has 2 aromatic carbocycles. The number of alkyl halides is 1. The highest BCUT2D eigenvalue weighted by molar-refractivity contribution is 6.22. The van der Waals surface area contributed by atoms with Crippen molar-refractivity contribution in [1.82, 2.24) is 0 Å². The van der Waals surface area contributed by atoms with E-state index in [0.29, 0.717) is 5.56 Å². The number of hydrogen-bond acceptors (Lipinski definition) is 0. The lowest BCUT2D eigenvalue weighted by Gasteiger charge is -2.14. The van der Waals surface area contributed by atoms with Crippen LogP contribution in [-0.4, -0.2) is 0 Å². The maximum absolute atomic E-state index is 13.9. The Morgan fingerprint density at radius 1 is 0.895 bits per heavy atom. The van der Waals surface area contributed by atoms with Crippen LogP contribution in [0.4, 0.5) is 13.2 Å². The summed E-state index contributed by atoms with van der Waals surface area (Å²) in [6.07, 6.45) is 0. The number of rotatable bonds is 2. The third-order valence-electron chi connectivity index (χ3n) is 3.05. The van der Waals surface area contributed by atoms with Crippen molar-refractivity contribution >= 4 is 11.6 Å². The van der Waals surface area contributed by atoms with E-state index in [4.69, 9.17) is 11.6 Å². The standard InChI is InChI=1S/C15H12ClF3/c1-8-4-3-5-10(15(8)19)14(16)11-7-12(17)9(2)6-13(11)18/h3-7,14H,1-2H3. The predicted molar refractivity (Wildman–Crippen MR) is 69.9 cm³/mol. The van der Waals surface area contributed by atoms with Crippen LogP contribution in [0.5, 0.6) is 0 Å². The van der Waals surface area contributed by atoms with E-state index in [2.05, 4.69) is 0 Å². The van der Waals surface area contributed by atoms with Crippen LogP contribution < -0.4 is 0 Å². The monoisotopic (exact) mass is 284 g/mol. The Hall–Kier alpha value is -1.48. The quantitative estimate of drug-likeness (QED) is 0.677. The van der Waals surface area contributed by atoms with E-state index in [-0.39, 0.29) is 16.7 Å². The Labute approximate surface area is 114 Å². The van der Waals surface area contributed by atoms with E-state index < -0.39 is 22.8 Å². The van der Waals surface area contributed by atoms with Crippen LogP contribution in [0.15, 0.2) is 30.3 Å². The van der Waals surface area contributed by atoms with Gasteiger partial charge in [-0.25, -0.2) is 13.2 Å². The van der Waals surface area contributed by atoms with Crippen LogP contribution in [0.3, 0.4) is 0 Å². The molecular weight excluding hydrogens is 273 g/mol. The highest BCUT2D eigenvalue weighted by Gasteiger charge is 2.21. The summed E-state index contributed by atoms with van der Waals surface area (Å²) in [6.45, 7) is 3.05. The molecule has 19 heavy (non-hydrogen) atoms. The van der Waals surface area contributed by atoms with Crippen LogP contribution in [0.2, 0.25) is 0 Å². The first-order valence-corrected chi connectivity index (χ1v) is 6.20. The van der Waals surface area contributed by atoms with Crippen molar-refractivity contribution < 1.29 is 13.2 Å². The zero-order valence-electron chi connectivity index (χ0n) is 10.5. The summed E-state index contributed by atoms with van der Waals surface area (Å²) < 4.78 is 41.3. The van der Waals surface area contributed by atoms with Gasteiger partial charge in [0.25, 0.3) is 0 Å². The van der Waals surface area contributed by atoms with Crippen molar-refractivity contribution in [3.8, 4) is 0 Å². The Kier molecular flexibility index (Phi) is 3.85. The maximum atomic E-state index is 13.9. The molecule has 2 rings (SSSR count). The smallest absolute Gasteiger partial charge is 0.131 e. The molecule has 0 fully saturated rings. The lowest BCUT2D eigenvalue weighted by Crippen LogP contribution is -2.03. The summed E-state index contributed by atoms with van der Waals surface area (Å²) in [5.74, 6) is -1.70. The van der Waals surface area contributed by atoms with Crippen molar-refractivity contribution in [2.75, 3.05) is 0 Å². The Balaban J connectivity index is 2.53. The molecule has 0 spiro atoms. The minimum Gasteiger partial charge on any atom is -0.207 e. The summed E-state index contributed by atoms with van der Waals surface area (Å²) in [5.41, 5.74) is 0.684. The topological polar surface area (TPSA) is 0 Å². The van der Waals surface area contributed by atoms with Crippen LogP contribution >= 0.6 is 11.6 Å². The maximum Gasteiger partial charge on any atom is 0.131 e. The SMILES string of the molecule is Cc1cc(F)c(C(Cl)c2cccc(C)c2F)cc1F. The molecule has 2 aromatic rings. The van der Waals surface area contributed by atoms with Crippen molar-refractivity contribution in [3.63, 3.8) is 0 Å². The first-order chi connectivity index (χ1) is 8.91. The van der Waals surface area contributed by atoms with Crippen LogP contribution in [0, 0.1) is 31.3 Å². The second-order valence-electron chi connectivity index (χ2n) is 4.46. The van der Waals surface area contributed by atoms with E-state index in [1.165, 1.54) is 13.0 Å². The largest absolute Gasteiger partial charge is 0.207 e. The molecule has 0 heterocycles. The first-order valence-electron chi connectivity index (χ1n) is 5.76. The van der Waals surface area contributed by atoms with Crippen LogP contribution in [0.1, 0.15) is 27.6 Å². The summed E-state index contributed by atoms with van der Waals surface area (Å²) in [5, 5.41) is -1.06. The molecule has 0 saturated heterocycles. The van der Waals surface area contributed by atoms with Gasteiger partial charge >= 0.3 is 0 Å². The molecule has 0 aliphatic rings. The van der Waals surface area contributed by atoms with Crippen molar-refractivity contribution in [2.24, 2.45) is 0 Å². The molecule has 0 radical (unpaired) electrons. The zero-order chi connectivity index (χ0) is 14.2. The third-order valence-corrected chi connectivity index (χ3v) is 3.52. The molecule has 4 heteroatoms. The summed E-state index contributed by atoms with van der Waals surface area (Å²) >= 11 is 6.09. The van der Waals surface area contributed by atoms with Crippen LogP contribution in [-0.2, 0) is 0 Å². The molecule has 0 nitrogen and oxygen atoms in total. The van der Waals surface area contributed by atoms with Gasteiger partial charge in [-0.05, 0) is 37.1 Å². The van der Waals surface area contributed by atoms with Crippen LogP contribution in [0.25, 0.3) is 0 Å². The number of hydrogen-bond donors (Lipinski definition) is 0. The molecule has 0 bridgehead atoms. The highest BCUT2D eigenvalue weighted by Crippen LogP contribution is 2.34. The van der Waals surface area contributed by atoms with E-state index in [0.717, 1.165) is 12.1 Å².